The Labute approximate surface area is 30.3 Å². The molecule has 0 spiro atoms. The second kappa shape index (κ2) is 7110. The molecule has 0 aliphatic carbocycles. The molecule has 32 valence electrons. The minimum Gasteiger partial charge on any atom is -0.333 e. The standard InChI is InChI=1S/CH5N.2CH4.H2/c1-2;;;/h2H2,1H3;2*1H4;1H/i;;;1+1. The molecule has 0 fully saturated rings. The van der Waals surface area contributed by atoms with Crippen LogP contribution in [0.4, 0.5) is 0 Å². The van der Waals surface area contributed by atoms with Crippen LogP contribution in [0.25, 0.3) is 0 Å². The molecule has 1 nitrogen and oxygen atoms in total. The van der Waals surface area contributed by atoms with Crippen molar-refractivity contribution in [2.45, 2.75) is 14.9 Å². The molecule has 2 N–H and O–H groups in total. The molecule has 0 saturated carbocycles. The Morgan fingerprint density at radius 3 is 1.25 bits per heavy atom. The molecule has 0 aromatic carbocycles. The third kappa shape index (κ3) is 1130. The summed E-state index contributed by atoms with van der Waals surface area (Å²) >= 11 is 0. The van der Waals surface area contributed by atoms with Gasteiger partial charge in [0.15, 0.2) is 0 Å². The monoisotopic (exact) mass is 66.1 g/mol. The maximum atomic E-state index is 4.50. The van der Waals surface area contributed by atoms with Gasteiger partial charge in [0.05, 0.1) is 0 Å². The van der Waals surface area contributed by atoms with Crippen molar-refractivity contribution in [1.82, 2.24) is 0 Å². The maximum absolute atomic E-state index is 4.50. The van der Waals surface area contributed by atoms with Crippen molar-refractivity contribution in [3.05, 3.63) is 0 Å². The fraction of sp³-hybridized carbons (Fsp3) is 1.00. The Hall–Kier alpha value is -0.0400. The highest BCUT2D eigenvalue weighted by molar-refractivity contribution is 3.54. The summed E-state index contributed by atoms with van der Waals surface area (Å²) in [5.74, 6) is 0. The molecule has 0 radical (unpaired) electrons. The van der Waals surface area contributed by atoms with Crippen LogP contribution in [0.2, 0.25) is 0 Å². The number of hydrogen-bond acceptors (Lipinski definition) is 1. The summed E-state index contributed by atoms with van der Waals surface area (Å²) in [7, 11) is 1.50. The Bertz CT molecular complexity index is 6.85. The third-order valence-corrected chi connectivity index (χ3v) is 0. The van der Waals surface area contributed by atoms with E-state index in [1.807, 2.05) is 0 Å². The second-order valence-electron chi connectivity index (χ2n) is 0. The lowest BCUT2D eigenvalue weighted by Gasteiger charge is -1.19. The smallest absolute Gasteiger partial charge is 0 e. The molecule has 0 rings (SSSR count). The minimum atomic E-state index is 0. The zero-order valence-electron chi connectivity index (χ0n) is 1.58. The van der Waals surface area contributed by atoms with E-state index in [4.69, 9.17) is 0 Å². The van der Waals surface area contributed by atoms with E-state index in [1.54, 1.807) is 0 Å². The Balaban J connectivity index is -0.00000000167. The van der Waals surface area contributed by atoms with Crippen LogP contribution in [-0.4, -0.2) is 7.05 Å². The van der Waals surface area contributed by atoms with Crippen LogP contribution in [0.15, 0.2) is 0 Å². The first-order chi connectivity index (χ1) is 1.00. The third-order valence-electron chi connectivity index (χ3n) is 0. The molecule has 0 aromatic rings. The van der Waals surface area contributed by atoms with Gasteiger partial charge in [0.2, 0.25) is 0 Å². The number of nitrogens with two attached hydrogens (primary N) is 1. The van der Waals surface area contributed by atoms with E-state index in [2.05, 4.69) is 5.73 Å². The predicted octanol–water partition coefficient (Wildman–Crippen LogP) is 1.09. The maximum Gasteiger partial charge on any atom is 0 e. The quantitative estimate of drug-likeness (QED) is 0.450. The molecule has 0 amide bonds. The van der Waals surface area contributed by atoms with Gasteiger partial charge in [-0.05, 0) is 7.05 Å². The highest BCUT2D eigenvalue weighted by Crippen LogP contribution is 0.469. The van der Waals surface area contributed by atoms with E-state index in [9.17, 15) is 0 Å². The van der Waals surface area contributed by atoms with Crippen LogP contribution in [0.3, 0.4) is 0 Å². The molecule has 4 heavy (non-hydrogen) atoms. The molecule has 0 aromatic heterocycles. The molecule has 0 unspecified atom stereocenters. The first-order valence-corrected chi connectivity index (χ1v) is 0.577. The molecule has 0 bridgehead atoms. The van der Waals surface area contributed by atoms with Crippen molar-refractivity contribution in [2.75, 3.05) is 7.05 Å². The number of hydrogen-bond donors (Lipinski definition) is 1. The summed E-state index contributed by atoms with van der Waals surface area (Å²) in [4.78, 5) is 0. The van der Waals surface area contributed by atoms with Gasteiger partial charge in [-0.15, -0.1) is 0 Å². The first-order valence-electron chi connectivity index (χ1n) is 0.577. The van der Waals surface area contributed by atoms with Crippen LogP contribution in [0.5, 0.6) is 0 Å². The lowest BCUT2D eigenvalue weighted by molar-refractivity contribution is 1.48. The molecule has 0 atom stereocenters. The van der Waals surface area contributed by atoms with Crippen molar-refractivity contribution >= 4 is 0 Å². The zero-order chi connectivity index (χ0) is 2.00. The van der Waals surface area contributed by atoms with Gasteiger partial charge in [0.1, 0.15) is 0 Å². The molecule has 1 heteroatoms. The fourth-order valence-corrected chi connectivity index (χ4v) is 0. The first kappa shape index (κ1) is 37.6. The summed E-state index contributed by atoms with van der Waals surface area (Å²) in [5, 5.41) is 0. The normalized spacial score (nSPS) is 1.50. The van der Waals surface area contributed by atoms with E-state index < -0.39 is 0 Å². The summed E-state index contributed by atoms with van der Waals surface area (Å²) in [6.07, 6.45) is 0. The van der Waals surface area contributed by atoms with E-state index in [0.717, 1.165) is 0 Å². The summed E-state index contributed by atoms with van der Waals surface area (Å²) in [6, 6.07) is 0. The Morgan fingerprint density at radius 1 is 1.25 bits per heavy atom. The van der Waals surface area contributed by atoms with Crippen molar-refractivity contribution in [1.29, 1.82) is 0 Å². The van der Waals surface area contributed by atoms with Crippen LogP contribution in [0.1, 0.15) is 16.3 Å². The zero-order valence-corrected chi connectivity index (χ0v) is 1.58. The SMILES string of the molecule is C.C.CN.[2HH]. The lowest BCUT2D eigenvalue weighted by Crippen LogP contribution is -1.69. The van der Waals surface area contributed by atoms with Gasteiger partial charge >= 0.3 is 0 Å². The van der Waals surface area contributed by atoms with E-state index in [-0.39, 0.29) is 16.3 Å². The van der Waals surface area contributed by atoms with Crippen LogP contribution in [0, 0.1) is 0 Å². The second-order valence-corrected chi connectivity index (χ2v) is 0. The van der Waals surface area contributed by atoms with Gasteiger partial charge in [-0.2, -0.15) is 0 Å². The van der Waals surface area contributed by atoms with Crippen molar-refractivity contribution in [2.24, 2.45) is 5.73 Å². The lowest BCUT2D eigenvalue weighted by atomic mass is 11.6. The topological polar surface area (TPSA) is 26.0 Å². The number of rotatable bonds is 0. The predicted molar refractivity (Wildman–Crippen MR) is 25.7 cm³/mol. The highest BCUT2D eigenvalue weighted by Gasteiger charge is 0.836. The van der Waals surface area contributed by atoms with Crippen LogP contribution in [-0.2, 0) is 0 Å². The van der Waals surface area contributed by atoms with Gasteiger partial charge in [-0.1, -0.05) is 14.9 Å². The van der Waals surface area contributed by atoms with Gasteiger partial charge < -0.3 is 5.73 Å². The molecular formula is C3H15N. The Kier molecular flexibility index (Phi) is 66900. The van der Waals surface area contributed by atoms with Crippen molar-refractivity contribution < 1.29 is 1.43 Å². The van der Waals surface area contributed by atoms with Crippen molar-refractivity contribution in [3.8, 4) is 0 Å². The Morgan fingerprint density at radius 2 is 1.25 bits per heavy atom. The molecule has 0 saturated heterocycles. The summed E-state index contributed by atoms with van der Waals surface area (Å²) in [6.45, 7) is 0. The van der Waals surface area contributed by atoms with Gasteiger partial charge in [0, 0.05) is 1.43 Å². The summed E-state index contributed by atoms with van der Waals surface area (Å²) < 4.78 is 0. The molecule has 0 aliphatic rings. The largest absolute Gasteiger partial charge is 0.333 e. The van der Waals surface area contributed by atoms with Crippen LogP contribution < -0.4 is 5.73 Å². The highest BCUT2D eigenvalue weighted by atomic mass is 14.4. The van der Waals surface area contributed by atoms with E-state index >= 15 is 0 Å². The fourth-order valence-electron chi connectivity index (χ4n) is 0. The minimum absolute atomic E-state index is 0. The molecule has 0 aliphatic heterocycles. The van der Waals surface area contributed by atoms with Gasteiger partial charge in [-0.25, -0.2) is 0 Å². The molecular weight excluding hydrogens is 50.0 g/mol. The van der Waals surface area contributed by atoms with Gasteiger partial charge in [0.25, 0.3) is 0 Å². The summed E-state index contributed by atoms with van der Waals surface area (Å²) in [5.41, 5.74) is 4.50. The van der Waals surface area contributed by atoms with Crippen LogP contribution >= 0.6 is 0 Å². The van der Waals surface area contributed by atoms with E-state index in [1.165, 1.54) is 7.05 Å². The van der Waals surface area contributed by atoms with Gasteiger partial charge in [-0.3, -0.25) is 0 Å². The van der Waals surface area contributed by atoms with E-state index in [0.29, 0.717) is 0 Å². The average Bonchev–Trinajstić information content (AvgIpc) is 1.00. The van der Waals surface area contributed by atoms with Crippen molar-refractivity contribution in [3.63, 3.8) is 0 Å². The average molecular weight is 66.2 g/mol. The molecule has 0 heterocycles.